The van der Waals surface area contributed by atoms with E-state index in [0.717, 1.165) is 22.4 Å². The highest BCUT2D eigenvalue weighted by Crippen LogP contribution is 2.26. The van der Waals surface area contributed by atoms with Crippen molar-refractivity contribution in [3.8, 4) is 11.5 Å². The van der Waals surface area contributed by atoms with Gasteiger partial charge in [0.15, 0.2) is 11.5 Å². The Balaban J connectivity index is 1.67. The van der Waals surface area contributed by atoms with Crippen molar-refractivity contribution in [2.75, 3.05) is 14.2 Å². The van der Waals surface area contributed by atoms with Gasteiger partial charge in [0.2, 0.25) is 0 Å². The summed E-state index contributed by atoms with van der Waals surface area (Å²) in [6, 6.07) is 13.1. The SMILES string of the molecule is COc1ccc(/C=N/NC(=O)Cn2c(C)nc3ccccc32)cc1OC. The molecule has 3 aromatic rings. The number of carbonyl (C=O) groups excluding carboxylic acids is 1. The van der Waals surface area contributed by atoms with Crippen molar-refractivity contribution in [2.45, 2.75) is 13.5 Å². The van der Waals surface area contributed by atoms with Crippen LogP contribution >= 0.6 is 0 Å². The molecule has 7 heteroatoms. The molecule has 1 heterocycles. The molecule has 0 unspecified atom stereocenters. The van der Waals surface area contributed by atoms with E-state index in [1.54, 1.807) is 32.6 Å². The van der Waals surface area contributed by atoms with E-state index in [0.29, 0.717) is 11.5 Å². The number of methoxy groups -OCH3 is 2. The van der Waals surface area contributed by atoms with E-state index in [-0.39, 0.29) is 12.5 Å². The summed E-state index contributed by atoms with van der Waals surface area (Å²) in [5, 5.41) is 4.01. The van der Waals surface area contributed by atoms with Crippen LogP contribution in [0.15, 0.2) is 47.6 Å². The Morgan fingerprint density at radius 2 is 1.96 bits per heavy atom. The van der Waals surface area contributed by atoms with Gasteiger partial charge in [-0.1, -0.05) is 12.1 Å². The van der Waals surface area contributed by atoms with Crippen LogP contribution in [0.3, 0.4) is 0 Å². The number of aryl methyl sites for hydroxylation is 1. The van der Waals surface area contributed by atoms with E-state index in [1.807, 2.05) is 41.8 Å². The Morgan fingerprint density at radius 1 is 1.19 bits per heavy atom. The lowest BCUT2D eigenvalue weighted by Gasteiger charge is -2.07. The molecule has 3 rings (SSSR count). The fourth-order valence-electron chi connectivity index (χ4n) is 2.69. The Morgan fingerprint density at radius 3 is 2.73 bits per heavy atom. The summed E-state index contributed by atoms with van der Waals surface area (Å²) in [5.41, 5.74) is 5.11. The highest BCUT2D eigenvalue weighted by Gasteiger charge is 2.10. The molecule has 1 aromatic heterocycles. The van der Waals surface area contributed by atoms with Crippen molar-refractivity contribution in [3.63, 3.8) is 0 Å². The number of ether oxygens (including phenoxy) is 2. The van der Waals surface area contributed by atoms with Gasteiger partial charge in [-0.2, -0.15) is 5.10 Å². The quantitative estimate of drug-likeness (QED) is 0.546. The monoisotopic (exact) mass is 352 g/mol. The van der Waals surface area contributed by atoms with E-state index < -0.39 is 0 Å². The van der Waals surface area contributed by atoms with Gasteiger partial charge in [-0.15, -0.1) is 0 Å². The lowest BCUT2D eigenvalue weighted by molar-refractivity contribution is -0.121. The zero-order valence-electron chi connectivity index (χ0n) is 14.9. The summed E-state index contributed by atoms with van der Waals surface area (Å²) in [4.78, 5) is 16.7. The first-order valence-electron chi connectivity index (χ1n) is 8.08. The summed E-state index contributed by atoms with van der Waals surface area (Å²) in [7, 11) is 3.14. The van der Waals surface area contributed by atoms with Gasteiger partial charge in [0.25, 0.3) is 5.91 Å². The first kappa shape index (κ1) is 17.5. The smallest absolute Gasteiger partial charge is 0.260 e. The number of nitrogens with zero attached hydrogens (tertiary/aromatic N) is 3. The number of imidazole rings is 1. The Kier molecular flexibility index (Phi) is 5.17. The molecule has 0 radical (unpaired) electrons. The summed E-state index contributed by atoms with van der Waals surface area (Å²) in [5.74, 6) is 1.79. The van der Waals surface area contributed by atoms with Gasteiger partial charge in [-0.05, 0) is 42.8 Å². The zero-order valence-corrected chi connectivity index (χ0v) is 14.9. The largest absolute Gasteiger partial charge is 0.493 e. The Bertz CT molecular complexity index is 963. The van der Waals surface area contributed by atoms with Gasteiger partial charge in [0, 0.05) is 0 Å². The number of aromatic nitrogens is 2. The van der Waals surface area contributed by atoms with E-state index in [4.69, 9.17) is 9.47 Å². The highest BCUT2D eigenvalue weighted by molar-refractivity contribution is 5.84. The van der Waals surface area contributed by atoms with Crippen molar-refractivity contribution in [2.24, 2.45) is 5.10 Å². The van der Waals surface area contributed by atoms with Crippen molar-refractivity contribution < 1.29 is 14.3 Å². The van der Waals surface area contributed by atoms with Crippen LogP contribution in [0.2, 0.25) is 0 Å². The molecular formula is C19H20N4O3. The van der Waals surface area contributed by atoms with Crippen molar-refractivity contribution >= 4 is 23.2 Å². The first-order valence-corrected chi connectivity index (χ1v) is 8.08. The number of carbonyl (C=O) groups is 1. The zero-order chi connectivity index (χ0) is 18.5. The number of fused-ring (bicyclic) bond motifs is 1. The fraction of sp³-hybridized carbons (Fsp3) is 0.211. The number of rotatable bonds is 6. The molecule has 7 nitrogen and oxygen atoms in total. The minimum absolute atomic E-state index is 0.148. The van der Waals surface area contributed by atoms with Crippen LogP contribution in [0.5, 0.6) is 11.5 Å². The van der Waals surface area contributed by atoms with Gasteiger partial charge in [-0.25, -0.2) is 10.4 Å². The highest BCUT2D eigenvalue weighted by atomic mass is 16.5. The maximum Gasteiger partial charge on any atom is 0.260 e. The average Bonchev–Trinajstić information content (AvgIpc) is 2.97. The molecule has 0 saturated carbocycles. The summed E-state index contributed by atoms with van der Waals surface area (Å²) >= 11 is 0. The molecule has 0 bridgehead atoms. The van der Waals surface area contributed by atoms with E-state index >= 15 is 0 Å². The second-order valence-electron chi connectivity index (χ2n) is 5.64. The number of hydrazone groups is 1. The predicted octanol–water partition coefficient (Wildman–Crippen LogP) is 2.51. The standard InChI is InChI=1S/C19H20N4O3/c1-13-21-15-6-4-5-7-16(15)23(13)12-19(24)22-20-11-14-8-9-17(25-2)18(10-14)26-3/h4-11H,12H2,1-3H3,(H,22,24)/b20-11+. The average molecular weight is 352 g/mol. The molecule has 26 heavy (non-hydrogen) atoms. The second-order valence-corrected chi connectivity index (χ2v) is 5.64. The third-order valence-electron chi connectivity index (χ3n) is 3.96. The number of amides is 1. The van der Waals surface area contributed by atoms with Crippen LogP contribution in [0, 0.1) is 6.92 Å². The van der Waals surface area contributed by atoms with Crippen LogP contribution < -0.4 is 14.9 Å². The molecule has 0 aliphatic rings. The molecule has 0 saturated heterocycles. The molecule has 0 spiro atoms. The molecule has 0 aliphatic carbocycles. The van der Waals surface area contributed by atoms with Crippen molar-refractivity contribution in [3.05, 3.63) is 53.9 Å². The van der Waals surface area contributed by atoms with Crippen molar-refractivity contribution in [1.82, 2.24) is 15.0 Å². The minimum Gasteiger partial charge on any atom is -0.493 e. The lowest BCUT2D eigenvalue weighted by Crippen LogP contribution is -2.23. The summed E-state index contributed by atoms with van der Waals surface area (Å²) in [6.45, 7) is 2.02. The molecule has 2 aromatic carbocycles. The van der Waals surface area contributed by atoms with Crippen LogP contribution in [-0.4, -0.2) is 35.9 Å². The fourth-order valence-corrected chi connectivity index (χ4v) is 2.69. The molecule has 0 fully saturated rings. The number of nitrogens with one attached hydrogen (secondary N) is 1. The molecule has 0 aliphatic heterocycles. The predicted molar refractivity (Wildman–Crippen MR) is 99.8 cm³/mol. The van der Waals surface area contributed by atoms with Gasteiger partial charge >= 0.3 is 0 Å². The molecule has 0 atom stereocenters. The van der Waals surface area contributed by atoms with Gasteiger partial charge in [0.1, 0.15) is 12.4 Å². The van der Waals surface area contributed by atoms with E-state index in [2.05, 4.69) is 15.5 Å². The van der Waals surface area contributed by atoms with E-state index in [1.165, 1.54) is 0 Å². The second kappa shape index (κ2) is 7.69. The summed E-state index contributed by atoms with van der Waals surface area (Å²) < 4.78 is 12.3. The molecular weight excluding hydrogens is 332 g/mol. The number of para-hydroxylation sites is 2. The summed E-state index contributed by atoms with van der Waals surface area (Å²) in [6.07, 6.45) is 1.55. The number of benzene rings is 2. The first-order chi connectivity index (χ1) is 12.6. The van der Waals surface area contributed by atoms with Gasteiger partial charge in [0.05, 0.1) is 31.5 Å². The van der Waals surface area contributed by atoms with E-state index in [9.17, 15) is 4.79 Å². The van der Waals surface area contributed by atoms with Crippen molar-refractivity contribution in [1.29, 1.82) is 0 Å². The molecule has 1 amide bonds. The Labute approximate surface area is 151 Å². The maximum absolute atomic E-state index is 12.2. The third-order valence-corrected chi connectivity index (χ3v) is 3.96. The third kappa shape index (κ3) is 3.66. The minimum atomic E-state index is -0.229. The number of hydrogen-bond acceptors (Lipinski definition) is 5. The molecule has 1 N–H and O–H groups in total. The van der Waals surface area contributed by atoms with Gasteiger partial charge in [-0.3, -0.25) is 4.79 Å². The van der Waals surface area contributed by atoms with Crippen LogP contribution in [0.1, 0.15) is 11.4 Å². The number of hydrogen-bond donors (Lipinski definition) is 1. The van der Waals surface area contributed by atoms with Crippen LogP contribution in [0.4, 0.5) is 0 Å². The molecule has 134 valence electrons. The Hall–Kier alpha value is -3.35. The lowest BCUT2D eigenvalue weighted by atomic mass is 10.2. The van der Waals surface area contributed by atoms with Crippen LogP contribution in [-0.2, 0) is 11.3 Å². The normalized spacial score (nSPS) is 11.0. The topological polar surface area (TPSA) is 77.7 Å². The van der Waals surface area contributed by atoms with Gasteiger partial charge < -0.3 is 14.0 Å². The van der Waals surface area contributed by atoms with Crippen LogP contribution in [0.25, 0.3) is 11.0 Å². The maximum atomic E-state index is 12.2.